The summed E-state index contributed by atoms with van der Waals surface area (Å²) in [6, 6.07) is 14.4. The maximum absolute atomic E-state index is 13.1. The third-order valence-electron chi connectivity index (χ3n) is 4.75. The molecule has 0 bridgehead atoms. The molecule has 0 aliphatic carbocycles. The number of nitrogens with zero attached hydrogens (tertiary/aromatic N) is 5. The molecule has 0 N–H and O–H groups in total. The summed E-state index contributed by atoms with van der Waals surface area (Å²) < 4.78 is 8.55. The molecule has 0 unspecified atom stereocenters. The van der Waals surface area contributed by atoms with E-state index < -0.39 is 0 Å². The molecular weight excluding hydrogens is 414 g/mol. The van der Waals surface area contributed by atoms with Crippen LogP contribution in [0.25, 0.3) is 21.8 Å². The van der Waals surface area contributed by atoms with Crippen LogP contribution < -0.4 is 11.1 Å². The van der Waals surface area contributed by atoms with E-state index in [1.807, 2.05) is 38.1 Å². The Balaban J connectivity index is 1.64. The van der Waals surface area contributed by atoms with Crippen LogP contribution in [0.1, 0.15) is 20.3 Å². The van der Waals surface area contributed by atoms with Crippen molar-refractivity contribution >= 4 is 33.6 Å². The monoisotopic (exact) mass is 437 g/mol. The van der Waals surface area contributed by atoms with Crippen LogP contribution in [0.3, 0.4) is 0 Å². The van der Waals surface area contributed by atoms with Gasteiger partial charge in [0.1, 0.15) is 5.52 Å². The smallest absolute Gasteiger partial charge is 0.278 e. The molecule has 160 valence electrons. The van der Waals surface area contributed by atoms with Crippen LogP contribution in [0.5, 0.6) is 0 Å². The molecule has 0 aliphatic rings. The molecule has 0 radical (unpaired) electrons. The maximum atomic E-state index is 13.1. The first-order chi connectivity index (χ1) is 15.0. The average molecular weight is 438 g/mol. The van der Waals surface area contributed by atoms with E-state index in [4.69, 9.17) is 4.74 Å². The van der Waals surface area contributed by atoms with Gasteiger partial charge in [0.15, 0.2) is 5.16 Å². The Bertz CT molecular complexity index is 1330. The molecule has 2 aromatic heterocycles. The number of hydrogen-bond acceptors (Lipinski definition) is 7. The van der Waals surface area contributed by atoms with Gasteiger partial charge in [-0.1, -0.05) is 41.2 Å². The van der Waals surface area contributed by atoms with Gasteiger partial charge < -0.3 is 4.74 Å². The molecule has 0 spiro atoms. The first-order valence-electron chi connectivity index (χ1n) is 10.1. The van der Waals surface area contributed by atoms with E-state index in [0.29, 0.717) is 46.5 Å². The number of rotatable bonds is 8. The highest BCUT2D eigenvalue weighted by atomic mass is 32.2. The number of aromatic nitrogens is 5. The fourth-order valence-corrected chi connectivity index (χ4v) is 4.12. The Morgan fingerprint density at radius 1 is 0.968 bits per heavy atom. The number of ether oxygens (including phenoxy) is 1. The van der Waals surface area contributed by atoms with Crippen LogP contribution >= 0.6 is 11.8 Å². The molecule has 0 atom stereocenters. The molecule has 0 saturated heterocycles. The van der Waals surface area contributed by atoms with Gasteiger partial charge in [-0.3, -0.25) is 14.2 Å². The number of benzene rings is 2. The largest absolute Gasteiger partial charge is 0.379 e. The Labute approximate surface area is 182 Å². The minimum atomic E-state index is -0.224. The summed E-state index contributed by atoms with van der Waals surface area (Å²) in [6.45, 7) is 4.99. The average Bonchev–Trinajstić information content (AvgIpc) is 2.77. The summed E-state index contributed by atoms with van der Waals surface area (Å²) in [4.78, 5) is 30.5. The first kappa shape index (κ1) is 21.2. The Morgan fingerprint density at radius 2 is 1.65 bits per heavy atom. The zero-order valence-electron chi connectivity index (χ0n) is 17.4. The molecular formula is C22H23N5O3S. The van der Waals surface area contributed by atoms with E-state index in [1.54, 1.807) is 28.8 Å². The minimum absolute atomic E-state index is 0.102. The predicted octanol–water partition coefficient (Wildman–Crippen LogP) is 3.07. The normalized spacial score (nSPS) is 11.6. The lowest BCUT2D eigenvalue weighted by molar-refractivity contribution is 0.0743. The second-order valence-electron chi connectivity index (χ2n) is 7.33. The van der Waals surface area contributed by atoms with Crippen molar-refractivity contribution in [3.8, 4) is 0 Å². The van der Waals surface area contributed by atoms with Gasteiger partial charge >= 0.3 is 0 Å². The van der Waals surface area contributed by atoms with Crippen molar-refractivity contribution in [2.75, 3.05) is 6.61 Å². The van der Waals surface area contributed by atoms with Crippen LogP contribution in [0.2, 0.25) is 0 Å². The topological polar surface area (TPSA) is 91.9 Å². The lowest BCUT2D eigenvalue weighted by Crippen LogP contribution is -2.26. The summed E-state index contributed by atoms with van der Waals surface area (Å²) in [6.07, 6.45) is 0.820. The van der Waals surface area contributed by atoms with E-state index in [0.717, 1.165) is 0 Å². The van der Waals surface area contributed by atoms with Gasteiger partial charge in [-0.2, -0.15) is 4.68 Å². The third kappa shape index (κ3) is 4.67. The molecule has 0 fully saturated rings. The van der Waals surface area contributed by atoms with Gasteiger partial charge in [0.05, 0.1) is 28.3 Å². The summed E-state index contributed by atoms with van der Waals surface area (Å²) in [7, 11) is 0. The molecule has 0 aliphatic heterocycles. The van der Waals surface area contributed by atoms with E-state index in [9.17, 15) is 9.59 Å². The van der Waals surface area contributed by atoms with Gasteiger partial charge in [0.2, 0.25) is 0 Å². The quantitative estimate of drug-likeness (QED) is 0.238. The number of fused-ring (bicyclic) bond motifs is 2. The van der Waals surface area contributed by atoms with Crippen molar-refractivity contribution in [2.45, 2.75) is 44.0 Å². The zero-order valence-corrected chi connectivity index (χ0v) is 18.2. The summed E-state index contributed by atoms with van der Waals surface area (Å²) in [5.74, 6) is 0.198. The molecule has 2 heterocycles. The van der Waals surface area contributed by atoms with Crippen LogP contribution in [-0.2, 0) is 17.2 Å². The Hall–Kier alpha value is -3.04. The minimum Gasteiger partial charge on any atom is -0.379 e. The van der Waals surface area contributed by atoms with Crippen molar-refractivity contribution < 1.29 is 4.74 Å². The second kappa shape index (κ2) is 9.40. The van der Waals surface area contributed by atoms with Crippen molar-refractivity contribution in [2.24, 2.45) is 0 Å². The fourth-order valence-electron chi connectivity index (χ4n) is 3.22. The second-order valence-corrected chi connectivity index (χ2v) is 8.24. The van der Waals surface area contributed by atoms with Gasteiger partial charge in [0.25, 0.3) is 11.1 Å². The molecule has 9 heteroatoms. The number of para-hydroxylation sites is 1. The van der Waals surface area contributed by atoms with Gasteiger partial charge in [-0.15, -0.1) is 5.10 Å². The van der Waals surface area contributed by atoms with Crippen LogP contribution in [0.15, 0.2) is 63.3 Å². The van der Waals surface area contributed by atoms with E-state index >= 15 is 0 Å². The van der Waals surface area contributed by atoms with E-state index in [2.05, 4.69) is 15.3 Å². The van der Waals surface area contributed by atoms with Crippen molar-refractivity contribution in [3.63, 3.8) is 0 Å². The molecule has 2 aromatic carbocycles. The molecule has 0 amide bonds. The standard InChI is InChI=1S/C22H23N5O3S/c1-15(2)30-13-7-12-26-20(28)16-8-3-5-10-18(16)23-22(26)31-14-27-21(29)17-9-4-6-11-19(17)24-25-27/h3-6,8-11,15H,7,12-14H2,1-2H3. The van der Waals surface area contributed by atoms with Gasteiger partial charge in [-0.05, 0) is 44.5 Å². The molecule has 31 heavy (non-hydrogen) atoms. The number of thioether (sulfide) groups is 1. The van der Waals surface area contributed by atoms with E-state index in [1.165, 1.54) is 16.4 Å². The SMILES string of the molecule is CC(C)OCCCn1c(SCn2nnc3ccccc3c2=O)nc2ccccc2c1=O. The summed E-state index contributed by atoms with van der Waals surface area (Å²) in [5.41, 5.74) is 0.856. The molecule has 8 nitrogen and oxygen atoms in total. The zero-order chi connectivity index (χ0) is 21.8. The highest BCUT2D eigenvalue weighted by molar-refractivity contribution is 7.98. The molecule has 0 saturated carbocycles. The van der Waals surface area contributed by atoms with Crippen molar-refractivity contribution in [1.82, 2.24) is 24.5 Å². The van der Waals surface area contributed by atoms with Crippen molar-refractivity contribution in [3.05, 3.63) is 69.2 Å². The van der Waals surface area contributed by atoms with Gasteiger partial charge in [0, 0.05) is 13.2 Å². The lowest BCUT2D eigenvalue weighted by atomic mass is 10.2. The van der Waals surface area contributed by atoms with Crippen LogP contribution in [0, 0.1) is 0 Å². The molecule has 4 rings (SSSR count). The van der Waals surface area contributed by atoms with Gasteiger partial charge in [-0.25, -0.2) is 4.98 Å². The highest BCUT2D eigenvalue weighted by Gasteiger charge is 2.13. The van der Waals surface area contributed by atoms with Crippen LogP contribution in [-0.4, -0.2) is 37.3 Å². The Morgan fingerprint density at radius 3 is 2.39 bits per heavy atom. The third-order valence-corrected chi connectivity index (χ3v) is 5.69. The predicted molar refractivity (Wildman–Crippen MR) is 121 cm³/mol. The lowest BCUT2D eigenvalue weighted by Gasteiger charge is -2.14. The Kier molecular flexibility index (Phi) is 6.43. The van der Waals surface area contributed by atoms with Crippen molar-refractivity contribution in [1.29, 1.82) is 0 Å². The van der Waals surface area contributed by atoms with E-state index in [-0.39, 0.29) is 23.1 Å². The first-order valence-corrected chi connectivity index (χ1v) is 11.1. The molecule has 4 aromatic rings. The summed E-state index contributed by atoms with van der Waals surface area (Å²) in [5, 5.41) is 9.76. The number of hydrogen-bond donors (Lipinski definition) is 0. The van der Waals surface area contributed by atoms with Crippen LogP contribution in [0.4, 0.5) is 0 Å². The fraction of sp³-hybridized carbons (Fsp3) is 0.318. The highest BCUT2D eigenvalue weighted by Crippen LogP contribution is 2.19. The summed E-state index contributed by atoms with van der Waals surface area (Å²) >= 11 is 1.29. The maximum Gasteiger partial charge on any atom is 0.278 e.